The first-order valence-corrected chi connectivity index (χ1v) is 15.3. The number of methoxy groups -OCH3 is 2. The Morgan fingerprint density at radius 2 is 1.27 bits per heavy atom. The molecule has 0 aliphatic heterocycles. The molecule has 0 saturated heterocycles. The fraction of sp³-hybridized carbons (Fsp3) is 0.214. The lowest BCUT2D eigenvalue weighted by Crippen LogP contribution is -2.35. The quantitative estimate of drug-likeness (QED) is 0.164. The second kappa shape index (κ2) is 12.4. The number of fused-ring (bicyclic) bond motifs is 1. The van der Waals surface area contributed by atoms with Gasteiger partial charge < -0.3 is 14.2 Å². The van der Waals surface area contributed by atoms with E-state index >= 15 is 0 Å². The lowest BCUT2D eigenvalue weighted by atomic mass is 10.1. The number of carbonyl (C=O) groups is 1. The van der Waals surface area contributed by atoms with Crippen LogP contribution in [0, 0.1) is 0 Å². The predicted octanol–water partition coefficient (Wildman–Crippen LogP) is 4.18. The van der Waals surface area contributed by atoms with Gasteiger partial charge in [-0.2, -0.15) is 0 Å². The average Bonchev–Trinajstić information content (AvgIpc) is 3.00. The van der Waals surface area contributed by atoms with Crippen LogP contribution in [0.15, 0.2) is 88.8 Å². The molecule has 0 radical (unpaired) electrons. The van der Waals surface area contributed by atoms with E-state index in [1.54, 1.807) is 36.4 Å². The van der Waals surface area contributed by atoms with Crippen molar-refractivity contribution in [2.24, 2.45) is 0 Å². The zero-order valence-corrected chi connectivity index (χ0v) is 24.3. The molecule has 4 rings (SSSR count). The van der Waals surface area contributed by atoms with E-state index in [2.05, 4.69) is 4.98 Å². The zero-order chi connectivity index (χ0) is 29.6. The molecular formula is C28H29N3O8S2. The number of rotatable bonds is 13. The van der Waals surface area contributed by atoms with Crippen molar-refractivity contribution in [3.63, 3.8) is 0 Å². The van der Waals surface area contributed by atoms with Crippen molar-refractivity contribution in [1.82, 2.24) is 4.98 Å². The van der Waals surface area contributed by atoms with Crippen LogP contribution in [0.25, 0.3) is 10.8 Å². The summed E-state index contributed by atoms with van der Waals surface area (Å²) in [6, 6.07) is 18.5. The van der Waals surface area contributed by atoms with Crippen molar-refractivity contribution in [2.45, 2.75) is 23.1 Å². The van der Waals surface area contributed by atoms with Gasteiger partial charge in [0.05, 0.1) is 35.9 Å². The maximum atomic E-state index is 13.8. The Kier molecular flexibility index (Phi) is 8.98. The normalized spacial score (nSPS) is 11.6. The number of benzene rings is 3. The summed E-state index contributed by atoms with van der Waals surface area (Å²) >= 11 is 0. The van der Waals surface area contributed by atoms with Gasteiger partial charge in [-0.3, -0.25) is 9.10 Å². The summed E-state index contributed by atoms with van der Waals surface area (Å²) in [6.45, 7) is 1.47. The highest BCUT2D eigenvalue weighted by molar-refractivity contribution is 7.93. The van der Waals surface area contributed by atoms with Gasteiger partial charge in [-0.25, -0.2) is 26.1 Å². The first-order valence-electron chi connectivity index (χ1n) is 12.5. The molecule has 0 atom stereocenters. The van der Waals surface area contributed by atoms with E-state index in [-0.39, 0.29) is 34.3 Å². The van der Waals surface area contributed by atoms with Crippen LogP contribution >= 0.6 is 0 Å². The minimum atomic E-state index is -4.28. The molecule has 216 valence electrons. The van der Waals surface area contributed by atoms with Crippen LogP contribution in [0.1, 0.15) is 13.3 Å². The van der Waals surface area contributed by atoms with Crippen molar-refractivity contribution in [3.8, 4) is 11.5 Å². The SMILES string of the molecule is CCCN(c1cnc(N(COC=O)S(=O)(=O)c2ccc(OC)cc2)c2ccccc12)S(=O)(=O)c1ccc(OC)cc1. The second-order valence-electron chi connectivity index (χ2n) is 8.69. The van der Waals surface area contributed by atoms with E-state index in [0.717, 1.165) is 4.31 Å². The van der Waals surface area contributed by atoms with Crippen molar-refractivity contribution in [3.05, 3.63) is 79.0 Å². The maximum absolute atomic E-state index is 13.8. The topological polar surface area (TPSA) is 132 Å². The molecule has 1 aromatic heterocycles. The average molecular weight is 600 g/mol. The second-order valence-corrected chi connectivity index (χ2v) is 12.4. The summed E-state index contributed by atoms with van der Waals surface area (Å²) in [6.07, 6.45) is 1.81. The number of hydrogen-bond donors (Lipinski definition) is 0. The minimum absolute atomic E-state index is 0.0414. The van der Waals surface area contributed by atoms with E-state index in [1.165, 1.54) is 61.1 Å². The number of pyridine rings is 1. The predicted molar refractivity (Wildman–Crippen MR) is 154 cm³/mol. The summed E-state index contributed by atoms with van der Waals surface area (Å²) < 4.78 is 72.3. The van der Waals surface area contributed by atoms with Gasteiger partial charge >= 0.3 is 0 Å². The Morgan fingerprint density at radius 3 is 1.76 bits per heavy atom. The van der Waals surface area contributed by atoms with Gasteiger partial charge in [0.15, 0.2) is 12.5 Å². The van der Waals surface area contributed by atoms with Crippen LogP contribution in [0.4, 0.5) is 11.5 Å². The van der Waals surface area contributed by atoms with E-state index < -0.39 is 26.8 Å². The molecule has 0 amide bonds. The van der Waals surface area contributed by atoms with Crippen LogP contribution < -0.4 is 18.1 Å². The number of ether oxygens (including phenoxy) is 3. The molecule has 0 saturated carbocycles. The third-order valence-corrected chi connectivity index (χ3v) is 9.79. The summed E-state index contributed by atoms with van der Waals surface area (Å²) in [5.41, 5.74) is 0.264. The standard InChI is InChI=1S/C28H29N3O8S2/c1-4-17-30(40(33,34)23-13-9-21(37-2)10-14-23)27-18-29-28(26-8-6-5-7-25(26)27)31(19-39-20-32)41(35,36)24-15-11-22(38-3)12-16-24/h5-16,18,20H,4,17,19H2,1-3H3. The summed E-state index contributed by atoms with van der Waals surface area (Å²) in [5, 5.41) is 0.770. The fourth-order valence-electron chi connectivity index (χ4n) is 4.23. The molecule has 4 aromatic rings. The highest BCUT2D eigenvalue weighted by atomic mass is 32.2. The molecule has 0 N–H and O–H groups in total. The molecule has 41 heavy (non-hydrogen) atoms. The van der Waals surface area contributed by atoms with Gasteiger partial charge in [-0.05, 0) is 55.0 Å². The molecule has 0 aliphatic carbocycles. The number of anilines is 2. The molecule has 13 heteroatoms. The summed E-state index contributed by atoms with van der Waals surface area (Å²) in [4.78, 5) is 15.5. The molecule has 3 aromatic carbocycles. The number of sulfonamides is 2. The Morgan fingerprint density at radius 1 is 0.756 bits per heavy atom. The Hall–Kier alpha value is -4.36. The Bertz CT molecular complexity index is 1730. The third-order valence-electron chi connectivity index (χ3n) is 6.24. The molecule has 11 nitrogen and oxygen atoms in total. The minimum Gasteiger partial charge on any atom is -0.497 e. The lowest BCUT2D eigenvalue weighted by molar-refractivity contribution is -0.128. The smallest absolute Gasteiger partial charge is 0.294 e. The Labute approximate surface area is 239 Å². The van der Waals surface area contributed by atoms with Crippen molar-refractivity contribution in [2.75, 3.05) is 36.1 Å². The summed E-state index contributed by atoms with van der Waals surface area (Å²) in [7, 11) is -5.36. The van der Waals surface area contributed by atoms with Gasteiger partial charge in [-0.1, -0.05) is 31.2 Å². The van der Waals surface area contributed by atoms with Gasteiger partial charge in [-0.15, -0.1) is 0 Å². The molecule has 1 heterocycles. The van der Waals surface area contributed by atoms with E-state index in [9.17, 15) is 21.6 Å². The molecule has 0 aliphatic rings. The highest BCUT2D eigenvalue weighted by Crippen LogP contribution is 2.37. The van der Waals surface area contributed by atoms with Crippen molar-refractivity contribution < 1.29 is 35.8 Å². The maximum Gasteiger partial charge on any atom is 0.294 e. The van der Waals surface area contributed by atoms with Gasteiger partial charge in [0.2, 0.25) is 0 Å². The van der Waals surface area contributed by atoms with Crippen LogP contribution in [0.2, 0.25) is 0 Å². The van der Waals surface area contributed by atoms with Gasteiger partial charge in [0.1, 0.15) is 11.5 Å². The van der Waals surface area contributed by atoms with E-state index in [1.807, 2.05) is 6.92 Å². The number of aromatic nitrogens is 1. The summed E-state index contributed by atoms with van der Waals surface area (Å²) in [5.74, 6) is 0.931. The Balaban J connectivity index is 1.88. The molecule has 0 bridgehead atoms. The van der Waals surface area contributed by atoms with Gasteiger partial charge in [0.25, 0.3) is 26.5 Å². The number of carbonyl (C=O) groups excluding carboxylic acids is 1. The largest absolute Gasteiger partial charge is 0.497 e. The van der Waals surface area contributed by atoms with Gasteiger partial charge in [0, 0.05) is 17.3 Å². The lowest BCUT2D eigenvalue weighted by Gasteiger charge is -2.28. The first-order chi connectivity index (χ1) is 19.7. The molecule has 0 fully saturated rings. The molecule has 0 unspecified atom stereocenters. The van der Waals surface area contributed by atoms with Crippen LogP contribution in [-0.4, -0.2) is 55.8 Å². The van der Waals surface area contributed by atoms with Crippen molar-refractivity contribution >= 4 is 48.8 Å². The fourth-order valence-corrected chi connectivity index (χ4v) is 7.10. The van der Waals surface area contributed by atoms with E-state index in [0.29, 0.717) is 28.7 Å². The van der Waals surface area contributed by atoms with Crippen molar-refractivity contribution in [1.29, 1.82) is 0 Å². The number of nitrogens with zero attached hydrogens (tertiary/aromatic N) is 3. The van der Waals surface area contributed by atoms with E-state index in [4.69, 9.17) is 14.2 Å². The van der Waals surface area contributed by atoms with Crippen LogP contribution in [0.3, 0.4) is 0 Å². The number of hydrogen-bond acceptors (Lipinski definition) is 9. The monoisotopic (exact) mass is 599 g/mol. The van der Waals surface area contributed by atoms with Crippen LogP contribution in [-0.2, 0) is 29.6 Å². The third kappa shape index (κ3) is 5.91. The highest BCUT2D eigenvalue weighted by Gasteiger charge is 2.31. The van der Waals surface area contributed by atoms with Crippen LogP contribution in [0.5, 0.6) is 11.5 Å². The molecular weight excluding hydrogens is 570 g/mol. The first kappa shape index (κ1) is 29.6. The molecule has 0 spiro atoms. The zero-order valence-electron chi connectivity index (χ0n) is 22.6.